The first-order valence-corrected chi connectivity index (χ1v) is 7.61. The maximum Gasteiger partial charge on any atom is 0.284 e. The van der Waals surface area contributed by atoms with Gasteiger partial charge >= 0.3 is 0 Å². The van der Waals surface area contributed by atoms with E-state index < -0.39 is 10.8 Å². The van der Waals surface area contributed by atoms with Gasteiger partial charge in [-0.05, 0) is 41.1 Å². The number of ether oxygens (including phenoxy) is 1. The summed E-state index contributed by atoms with van der Waals surface area (Å²) >= 11 is 3.08. The number of carbonyl (C=O) groups excluding carboxylic acids is 1. The largest absolute Gasteiger partial charge is 0.478 e. The maximum atomic E-state index is 12.2. The highest BCUT2D eigenvalue weighted by molar-refractivity contribution is 9.10. The predicted molar refractivity (Wildman–Crippen MR) is 87.4 cm³/mol. The van der Waals surface area contributed by atoms with Crippen LogP contribution in [0.25, 0.3) is 0 Å². The molecule has 2 rings (SSSR count). The van der Waals surface area contributed by atoms with Crippen LogP contribution in [-0.2, 0) is 6.54 Å². The van der Waals surface area contributed by atoms with Crippen LogP contribution in [0.5, 0.6) is 5.88 Å². The average Bonchev–Trinajstić information content (AvgIpc) is 2.54. The molecule has 120 valence electrons. The molecule has 0 atom stereocenters. The highest BCUT2D eigenvalue weighted by atomic mass is 79.9. The summed E-state index contributed by atoms with van der Waals surface area (Å²) in [6.45, 7) is 2.53. The Kier molecular flexibility index (Phi) is 5.64. The maximum absolute atomic E-state index is 12.2. The Balaban J connectivity index is 2.11. The molecule has 2 aromatic rings. The van der Waals surface area contributed by atoms with Crippen LogP contribution in [0, 0.1) is 10.1 Å². The van der Waals surface area contributed by atoms with Crippen LogP contribution in [0.4, 0.5) is 5.69 Å². The first-order valence-electron chi connectivity index (χ1n) is 6.81. The molecule has 0 fully saturated rings. The Morgan fingerprint density at radius 1 is 1.43 bits per heavy atom. The second-order valence-corrected chi connectivity index (χ2v) is 5.36. The standard InChI is InChI=1S/C15H14BrN3O4/c1-2-23-15-11(4-3-7-17-15)9-18-14(20)10-5-6-12(16)13(8-10)19(21)22/h3-8H,2,9H2,1H3,(H,18,20). The fraction of sp³-hybridized carbons (Fsp3) is 0.200. The van der Waals surface area contributed by atoms with Gasteiger partial charge in [0.2, 0.25) is 5.88 Å². The molecule has 0 spiro atoms. The number of nitro benzene ring substituents is 1. The fourth-order valence-corrected chi connectivity index (χ4v) is 2.29. The van der Waals surface area contributed by atoms with E-state index in [4.69, 9.17) is 4.74 Å². The Labute approximate surface area is 141 Å². The summed E-state index contributed by atoms with van der Waals surface area (Å²) in [4.78, 5) is 26.6. The van der Waals surface area contributed by atoms with E-state index in [1.54, 1.807) is 18.3 Å². The molecule has 0 aliphatic carbocycles. The first-order chi connectivity index (χ1) is 11.0. The molecule has 1 aromatic carbocycles. The Hall–Kier alpha value is -2.48. The number of nitrogens with zero attached hydrogens (tertiary/aromatic N) is 2. The minimum Gasteiger partial charge on any atom is -0.478 e. The van der Waals surface area contributed by atoms with Crippen molar-refractivity contribution in [2.24, 2.45) is 0 Å². The second kappa shape index (κ2) is 7.68. The number of nitrogens with one attached hydrogen (secondary N) is 1. The Morgan fingerprint density at radius 3 is 2.91 bits per heavy atom. The summed E-state index contributed by atoms with van der Waals surface area (Å²) in [5.74, 6) is 0.0454. The van der Waals surface area contributed by atoms with Gasteiger partial charge in [-0.1, -0.05) is 6.07 Å². The number of benzene rings is 1. The van der Waals surface area contributed by atoms with Crippen LogP contribution in [0.3, 0.4) is 0 Å². The summed E-state index contributed by atoms with van der Waals surface area (Å²) < 4.78 is 5.71. The van der Waals surface area contributed by atoms with E-state index in [0.29, 0.717) is 17.0 Å². The number of carbonyl (C=O) groups is 1. The first kappa shape index (κ1) is 16.9. The van der Waals surface area contributed by atoms with E-state index in [1.807, 2.05) is 6.92 Å². The molecule has 0 aliphatic heterocycles. The van der Waals surface area contributed by atoms with E-state index in [2.05, 4.69) is 26.2 Å². The zero-order valence-electron chi connectivity index (χ0n) is 12.3. The fourth-order valence-electron chi connectivity index (χ4n) is 1.90. The number of rotatable bonds is 6. The van der Waals surface area contributed by atoms with Gasteiger partial charge in [0.05, 0.1) is 16.0 Å². The molecule has 1 amide bonds. The summed E-state index contributed by atoms with van der Waals surface area (Å²) in [7, 11) is 0. The van der Waals surface area contributed by atoms with Crippen molar-refractivity contribution in [3.63, 3.8) is 0 Å². The lowest BCUT2D eigenvalue weighted by molar-refractivity contribution is -0.385. The van der Waals surface area contributed by atoms with Crippen LogP contribution < -0.4 is 10.1 Å². The third-order valence-corrected chi connectivity index (χ3v) is 3.65. The minimum absolute atomic E-state index is 0.158. The van der Waals surface area contributed by atoms with E-state index in [1.165, 1.54) is 18.2 Å². The van der Waals surface area contributed by atoms with E-state index in [0.717, 1.165) is 5.56 Å². The minimum atomic E-state index is -0.546. The number of aromatic nitrogens is 1. The van der Waals surface area contributed by atoms with Crippen molar-refractivity contribution in [3.8, 4) is 5.88 Å². The zero-order chi connectivity index (χ0) is 16.8. The van der Waals surface area contributed by atoms with Gasteiger partial charge in [-0.2, -0.15) is 0 Å². The molecular weight excluding hydrogens is 366 g/mol. The Bertz CT molecular complexity index is 736. The summed E-state index contributed by atoms with van der Waals surface area (Å²) in [5, 5.41) is 13.6. The van der Waals surface area contributed by atoms with Crippen LogP contribution in [-0.4, -0.2) is 22.4 Å². The molecule has 1 heterocycles. The quantitative estimate of drug-likeness (QED) is 0.614. The van der Waals surface area contributed by atoms with Crippen molar-refractivity contribution in [3.05, 3.63) is 62.2 Å². The summed E-state index contributed by atoms with van der Waals surface area (Å²) in [6.07, 6.45) is 1.61. The molecule has 1 aromatic heterocycles. The van der Waals surface area contributed by atoms with Crippen LogP contribution >= 0.6 is 15.9 Å². The normalized spacial score (nSPS) is 10.2. The van der Waals surface area contributed by atoms with Crippen LogP contribution in [0.15, 0.2) is 41.0 Å². The van der Waals surface area contributed by atoms with Crippen molar-refractivity contribution in [2.75, 3.05) is 6.61 Å². The monoisotopic (exact) mass is 379 g/mol. The number of hydrogen-bond donors (Lipinski definition) is 1. The lowest BCUT2D eigenvalue weighted by atomic mass is 10.2. The highest BCUT2D eigenvalue weighted by Crippen LogP contribution is 2.25. The van der Waals surface area contributed by atoms with Crippen molar-refractivity contribution in [1.82, 2.24) is 10.3 Å². The number of nitro groups is 1. The SMILES string of the molecule is CCOc1ncccc1CNC(=O)c1ccc(Br)c([N+](=O)[O-])c1. The zero-order valence-corrected chi connectivity index (χ0v) is 13.9. The number of amides is 1. The molecular formula is C15H14BrN3O4. The molecule has 0 radical (unpaired) electrons. The molecule has 0 aliphatic rings. The van der Waals surface area contributed by atoms with Gasteiger partial charge < -0.3 is 10.1 Å². The number of hydrogen-bond acceptors (Lipinski definition) is 5. The van der Waals surface area contributed by atoms with Crippen molar-refractivity contribution >= 4 is 27.5 Å². The summed E-state index contributed by atoms with van der Waals surface area (Å²) in [6, 6.07) is 7.75. The van der Waals surface area contributed by atoms with Crippen molar-refractivity contribution in [1.29, 1.82) is 0 Å². The van der Waals surface area contributed by atoms with Gasteiger partial charge in [0, 0.05) is 29.9 Å². The number of pyridine rings is 1. The number of halogens is 1. The van der Waals surface area contributed by atoms with Crippen LogP contribution in [0.2, 0.25) is 0 Å². The highest BCUT2D eigenvalue weighted by Gasteiger charge is 2.16. The van der Waals surface area contributed by atoms with Gasteiger partial charge in [0.15, 0.2) is 0 Å². The lowest BCUT2D eigenvalue weighted by Gasteiger charge is -2.10. The van der Waals surface area contributed by atoms with Gasteiger partial charge in [-0.25, -0.2) is 4.98 Å². The predicted octanol–water partition coefficient (Wildman–Crippen LogP) is 3.08. The third-order valence-electron chi connectivity index (χ3n) is 2.98. The molecule has 0 saturated carbocycles. The third kappa shape index (κ3) is 4.26. The van der Waals surface area contributed by atoms with Gasteiger partial charge in [0.25, 0.3) is 11.6 Å². The molecule has 8 heteroatoms. The lowest BCUT2D eigenvalue weighted by Crippen LogP contribution is -2.23. The van der Waals surface area contributed by atoms with E-state index in [-0.39, 0.29) is 17.8 Å². The van der Waals surface area contributed by atoms with Crippen molar-refractivity contribution < 1.29 is 14.5 Å². The Morgan fingerprint density at radius 2 is 2.22 bits per heavy atom. The topological polar surface area (TPSA) is 94.4 Å². The molecule has 23 heavy (non-hydrogen) atoms. The molecule has 1 N–H and O–H groups in total. The second-order valence-electron chi connectivity index (χ2n) is 4.51. The smallest absolute Gasteiger partial charge is 0.284 e. The summed E-state index contributed by atoms with van der Waals surface area (Å²) in [5.41, 5.74) is 0.782. The van der Waals surface area contributed by atoms with Gasteiger partial charge in [0.1, 0.15) is 0 Å². The van der Waals surface area contributed by atoms with Gasteiger partial charge in [-0.3, -0.25) is 14.9 Å². The van der Waals surface area contributed by atoms with E-state index >= 15 is 0 Å². The molecule has 0 unspecified atom stereocenters. The van der Waals surface area contributed by atoms with Gasteiger partial charge in [-0.15, -0.1) is 0 Å². The molecule has 7 nitrogen and oxygen atoms in total. The average molecular weight is 380 g/mol. The van der Waals surface area contributed by atoms with Crippen LogP contribution in [0.1, 0.15) is 22.8 Å². The molecule has 0 bridgehead atoms. The van der Waals surface area contributed by atoms with E-state index in [9.17, 15) is 14.9 Å². The van der Waals surface area contributed by atoms with Crippen molar-refractivity contribution in [2.45, 2.75) is 13.5 Å². The molecule has 0 saturated heterocycles.